The summed E-state index contributed by atoms with van der Waals surface area (Å²) in [6.07, 6.45) is 5.51. The van der Waals surface area contributed by atoms with Crippen LogP contribution in [0.1, 0.15) is 132 Å². The Bertz CT molecular complexity index is 5900. The first-order chi connectivity index (χ1) is 70.0. The van der Waals surface area contributed by atoms with Crippen molar-refractivity contribution in [2.24, 2.45) is 42.9 Å². The minimum absolute atomic E-state index is 0.00316. The van der Waals surface area contributed by atoms with Crippen LogP contribution in [0.3, 0.4) is 0 Å². The van der Waals surface area contributed by atoms with Crippen LogP contribution < -0.4 is 113 Å². The Kier molecular flexibility index (Phi) is 43.5. The fourth-order valence-electron chi connectivity index (χ4n) is 16.1. The molecule has 47 heteroatoms. The van der Waals surface area contributed by atoms with E-state index in [1.165, 1.54) is 101 Å². The zero-order valence-corrected chi connectivity index (χ0v) is 84.2. The van der Waals surface area contributed by atoms with Gasteiger partial charge in [-0.15, -0.1) is 11.8 Å². The normalized spacial score (nSPS) is 21.9. The van der Waals surface area contributed by atoms with E-state index in [9.17, 15) is 29.4 Å². The molecule has 12 unspecified atom stereocenters. The van der Waals surface area contributed by atoms with Gasteiger partial charge < -0.3 is 138 Å². The van der Waals surface area contributed by atoms with Gasteiger partial charge in [-0.25, -0.2) is 9.97 Å². The molecule has 9 rings (SSSR count). The average Bonchev–Trinajstić information content (AvgIpc) is 1.69. The number of carbonyl (C=O) groups excluding carboxylic acids is 16. The number of phenols is 2. The highest BCUT2D eigenvalue weighted by atomic mass is 32.2. The molecule has 16 amide bonds. The second-order valence-corrected chi connectivity index (χ2v) is 38.3. The topological polar surface area (TPSA) is 721 Å². The molecule has 46 nitrogen and oxygen atoms in total. The number of para-hydroxylation sites is 1. The Hall–Kier alpha value is -16.0. The van der Waals surface area contributed by atoms with E-state index in [0.29, 0.717) is 56.5 Å². The van der Waals surface area contributed by atoms with Crippen molar-refractivity contribution in [2.75, 3.05) is 37.7 Å². The second-order valence-electron chi connectivity index (χ2n) is 37.3. The van der Waals surface area contributed by atoms with Gasteiger partial charge in [0, 0.05) is 119 Å². The zero-order valence-electron chi connectivity index (χ0n) is 83.4. The number of benzene rings is 5. The summed E-state index contributed by atoms with van der Waals surface area (Å²) in [5.74, 6) is -18.4. The van der Waals surface area contributed by atoms with Gasteiger partial charge in [0.1, 0.15) is 95.1 Å². The highest BCUT2D eigenvalue weighted by Gasteiger charge is 2.43. The summed E-state index contributed by atoms with van der Waals surface area (Å²) in [5, 5.41) is 83.6. The Morgan fingerprint density at radius 3 is 1.27 bits per heavy atom. The number of rotatable bonds is 31. The monoisotopic (exact) mass is 2050 g/mol. The van der Waals surface area contributed by atoms with Crippen LogP contribution >= 0.6 is 11.8 Å². The van der Waals surface area contributed by atoms with E-state index in [1.807, 2.05) is 0 Å². The fourth-order valence-corrected chi connectivity index (χ4v) is 16.9. The van der Waals surface area contributed by atoms with Gasteiger partial charge in [-0.1, -0.05) is 123 Å². The van der Waals surface area contributed by atoms with Crippen LogP contribution in [0, 0.1) is 16.7 Å². The minimum Gasteiger partial charge on any atom is -0.508 e. The molecular formula is C100H136N28O18S. The molecule has 0 saturated carbocycles. The molecule has 1 aliphatic rings. The maximum Gasteiger partial charge on any atom is 0.245 e. The summed E-state index contributed by atoms with van der Waals surface area (Å²) >= 11 is 0.773. The summed E-state index contributed by atoms with van der Waals surface area (Å²) in [5.41, 5.74) is 22.4. The molecule has 4 heterocycles. The number of imidazole rings is 2. The SMILES string of the molecule is CC[C@H](C)C1NC(=O)C(C)(C)NC(=O)C(Cc2cncn2C)NC(=O)C(Cc2ccccc2)NC(=O)CSCC(C(=O)NCC(N)=O)NC(=O)C(Cc2ccc(O)cc2)NC(=O)C(Cc2c[nH]c3ccccc23)NC(=O)C(Cc2ccc(O)cc2)NC(=O)C(Cc2cncn2C)NC(=O)C(Cc2ccccc2)NC(=O)C(C)(C)NC(=O)C(CCCNC(=N)N)NC(=O)C(CCCCN)NC(=O)C(CCCNC(=N)N)NC1=O. The summed E-state index contributed by atoms with van der Waals surface area (Å²) in [6.45, 7) is 8.06. The molecule has 0 spiro atoms. The molecule has 0 bridgehead atoms. The van der Waals surface area contributed by atoms with Crippen LogP contribution in [0.2, 0.25) is 0 Å². The first-order valence-corrected chi connectivity index (χ1v) is 49.5. The van der Waals surface area contributed by atoms with Crippen LogP contribution in [0.25, 0.3) is 10.9 Å². The van der Waals surface area contributed by atoms with Crippen LogP contribution in [-0.2, 0) is 136 Å². The van der Waals surface area contributed by atoms with Crippen molar-refractivity contribution in [2.45, 2.75) is 221 Å². The molecule has 3 aromatic heterocycles. The number of H-pyrrole nitrogens is 1. The number of thioether (sulfide) groups is 1. The van der Waals surface area contributed by atoms with E-state index >= 15 is 57.5 Å². The Labute approximate surface area is 854 Å². The second kappa shape index (κ2) is 55.8. The summed E-state index contributed by atoms with van der Waals surface area (Å²) in [4.78, 5) is 252. The number of fused-ring (bicyclic) bond motifs is 1. The van der Waals surface area contributed by atoms with Gasteiger partial charge in [-0.3, -0.25) is 87.5 Å². The Morgan fingerprint density at radius 2 is 0.823 bits per heavy atom. The fraction of sp³-hybridized carbons (Fsp3) is 0.440. The van der Waals surface area contributed by atoms with Crippen LogP contribution in [0.15, 0.2) is 165 Å². The van der Waals surface area contributed by atoms with Crippen molar-refractivity contribution in [1.29, 1.82) is 10.8 Å². The lowest BCUT2D eigenvalue weighted by Gasteiger charge is -2.32. The molecule has 1 aliphatic heterocycles. The lowest BCUT2D eigenvalue weighted by Crippen LogP contribution is -2.64. The van der Waals surface area contributed by atoms with Crippen molar-refractivity contribution in [1.82, 2.24) is 114 Å². The number of nitrogens with two attached hydrogens (primary N) is 4. The molecule has 1 saturated heterocycles. The third-order valence-corrected chi connectivity index (χ3v) is 25.7. The smallest absolute Gasteiger partial charge is 0.245 e. The highest BCUT2D eigenvalue weighted by Crippen LogP contribution is 2.24. The molecule has 0 aliphatic carbocycles. The number of aromatic nitrogens is 5. The molecular weight excluding hydrogens is 1910 g/mol. The van der Waals surface area contributed by atoms with E-state index < -0.39 is 214 Å². The van der Waals surface area contributed by atoms with Crippen molar-refractivity contribution >= 4 is 129 Å². The number of hydrogen-bond acceptors (Lipinski definition) is 24. The first kappa shape index (κ1) is 115. The van der Waals surface area contributed by atoms with Gasteiger partial charge in [0.05, 0.1) is 25.0 Å². The molecule has 5 aromatic carbocycles. The highest BCUT2D eigenvalue weighted by molar-refractivity contribution is 8.00. The predicted molar refractivity (Wildman–Crippen MR) is 548 cm³/mol. The molecule has 1 fully saturated rings. The van der Waals surface area contributed by atoms with E-state index in [4.69, 9.17) is 33.8 Å². The summed E-state index contributed by atoms with van der Waals surface area (Å²) in [7, 11) is 3.25. The number of aromatic amines is 1. The van der Waals surface area contributed by atoms with Gasteiger partial charge in [-0.05, 0) is 143 Å². The third-order valence-electron chi connectivity index (χ3n) is 24.7. The number of carbonyl (C=O) groups is 16. The first-order valence-electron chi connectivity index (χ1n) is 48.3. The molecule has 790 valence electrons. The molecule has 13 atom stereocenters. The number of hydrogen-bond donors (Lipinski definition) is 26. The quantitative estimate of drug-likeness (QED) is 0.0123. The minimum atomic E-state index is -2.01. The Morgan fingerprint density at radius 1 is 0.449 bits per heavy atom. The standard InChI is InChI=1S/C100H136N28O18S/c1-9-57(2)82-94(144)116-70(29-20-40-109-97(103)104)85(135)114-69(28-18-19-39-101)84(134)115-71(30-21-41-110-98(105)106)92(142)125-99(3,4)95(145)123-75(43-59-24-14-11-15-25-59)89(139)120-77(47-63-50-107-55-127(63)7)91(141)118-73(44-60-31-35-65(129)36-32-60)87(137)119-76(46-62-49-111-68-27-17-16-26-67(62)68)90(140)117-74(45-61-33-37-66(130)38-34-61)88(138)122-79(83(133)112-52-80(102)131)53-147-54-81(132)113-72(42-58-22-12-10-13-23-58)86(136)121-78(48-64-51-108-56-128(64)8)93(143)126-100(5,6)96(146)124-82/h10-17,22-27,31-38,49-51,55-57,69-79,82,111,129-130H,9,18-21,28-30,39-48,52-54,101H2,1-8H3,(H2,102,131)(H,112,133)(H,113,132)(H,114,135)(H,115,134)(H,116,144)(H,117,140)(H,118,141)(H,119,137)(H,120,139)(H,121,136)(H,122,138)(H,123,145)(H,124,146)(H,125,142)(H,126,143)(H4,103,104,109)(H4,105,106,110)/t57-,69?,70?,71?,72?,73?,74?,75?,76?,77?,78?,79?,82?/m0/s1. The lowest BCUT2D eigenvalue weighted by atomic mass is 9.95. The van der Waals surface area contributed by atoms with Gasteiger partial charge >= 0.3 is 0 Å². The largest absolute Gasteiger partial charge is 0.508 e. The van der Waals surface area contributed by atoms with Crippen molar-refractivity contribution < 1.29 is 86.9 Å². The van der Waals surface area contributed by atoms with Crippen molar-refractivity contribution in [3.63, 3.8) is 0 Å². The zero-order chi connectivity index (χ0) is 107. The third kappa shape index (κ3) is 36.4. The van der Waals surface area contributed by atoms with Crippen molar-refractivity contribution in [3.8, 4) is 11.5 Å². The number of phenolic OH excluding ortho intramolecular Hbond substituents is 2. The number of aromatic hydroxyl groups is 2. The van der Waals surface area contributed by atoms with Crippen LogP contribution in [-0.4, -0.2) is 262 Å². The summed E-state index contributed by atoms with van der Waals surface area (Å²) in [6, 6.07) is 15.8. The van der Waals surface area contributed by atoms with E-state index in [2.05, 4.69) is 105 Å². The van der Waals surface area contributed by atoms with Gasteiger partial charge in [0.25, 0.3) is 0 Å². The van der Waals surface area contributed by atoms with Gasteiger partial charge in [0.15, 0.2) is 11.9 Å². The summed E-state index contributed by atoms with van der Waals surface area (Å²) < 4.78 is 3.14. The maximum absolute atomic E-state index is 15.8. The van der Waals surface area contributed by atoms with Crippen molar-refractivity contribution in [3.05, 3.63) is 204 Å². The van der Waals surface area contributed by atoms with Gasteiger partial charge in [-0.2, -0.15) is 0 Å². The van der Waals surface area contributed by atoms with Crippen LogP contribution in [0.5, 0.6) is 11.5 Å². The predicted octanol–water partition coefficient (Wildman–Crippen LogP) is -2.30. The number of unbranched alkanes of at least 4 members (excludes halogenated alkanes) is 1. The molecule has 30 N–H and O–H groups in total. The average molecular weight is 2050 g/mol. The Balaban J connectivity index is 1.15. The number of guanidine groups is 2. The molecule has 147 heavy (non-hydrogen) atoms. The lowest BCUT2D eigenvalue weighted by molar-refractivity contribution is -0.138. The number of nitrogens with one attached hydrogen (secondary N) is 20. The molecule has 8 aromatic rings. The molecule has 0 radical (unpaired) electrons. The van der Waals surface area contributed by atoms with E-state index in [1.54, 1.807) is 128 Å². The number of primary amides is 1. The van der Waals surface area contributed by atoms with Crippen LogP contribution in [0.4, 0.5) is 0 Å². The maximum atomic E-state index is 15.8. The number of amides is 16. The number of nitrogens with zero attached hydrogens (tertiary/aromatic N) is 4. The number of aryl methyl sites for hydroxylation is 2. The van der Waals surface area contributed by atoms with E-state index in [-0.39, 0.29) is 121 Å². The van der Waals surface area contributed by atoms with E-state index in [0.717, 1.165) is 11.8 Å². The van der Waals surface area contributed by atoms with Gasteiger partial charge in [0.2, 0.25) is 94.5 Å².